The van der Waals surface area contributed by atoms with Crippen LogP contribution in [-0.4, -0.2) is 12.6 Å². The standard InChI is InChI=1S/C15H24O2/c1-5-10-15(16)17-12-9-8-11-14(7-3)13(4)6-2/h6-7H,2-3,5,8-12H2,1,4H3/b14-13+. The molecule has 0 atom stereocenters. The van der Waals surface area contributed by atoms with Crippen molar-refractivity contribution in [2.24, 2.45) is 0 Å². The van der Waals surface area contributed by atoms with Crippen molar-refractivity contribution in [1.82, 2.24) is 0 Å². The molecule has 0 unspecified atom stereocenters. The van der Waals surface area contributed by atoms with Gasteiger partial charge in [0.2, 0.25) is 0 Å². The van der Waals surface area contributed by atoms with Gasteiger partial charge in [-0.3, -0.25) is 4.79 Å². The first-order chi connectivity index (χ1) is 8.15. The number of hydrogen-bond donors (Lipinski definition) is 0. The number of esters is 1. The Morgan fingerprint density at radius 2 is 1.88 bits per heavy atom. The van der Waals surface area contributed by atoms with Gasteiger partial charge >= 0.3 is 5.97 Å². The molecule has 0 aliphatic carbocycles. The smallest absolute Gasteiger partial charge is 0.305 e. The molecule has 0 radical (unpaired) electrons. The summed E-state index contributed by atoms with van der Waals surface area (Å²) in [6.45, 7) is 12.1. The summed E-state index contributed by atoms with van der Waals surface area (Å²) in [6, 6.07) is 0. The Balaban J connectivity index is 3.74. The molecule has 0 amide bonds. The molecule has 0 aliphatic heterocycles. The number of allylic oxidation sites excluding steroid dienone is 4. The Morgan fingerprint density at radius 1 is 1.18 bits per heavy atom. The summed E-state index contributed by atoms with van der Waals surface area (Å²) in [7, 11) is 0. The average Bonchev–Trinajstić information content (AvgIpc) is 2.33. The summed E-state index contributed by atoms with van der Waals surface area (Å²) in [6.07, 6.45) is 7.96. The Kier molecular flexibility index (Phi) is 9.12. The molecule has 0 saturated carbocycles. The van der Waals surface area contributed by atoms with E-state index in [4.69, 9.17) is 4.74 Å². The number of carbonyl (C=O) groups excluding carboxylic acids is 1. The van der Waals surface area contributed by atoms with Crippen LogP contribution < -0.4 is 0 Å². The van der Waals surface area contributed by atoms with Gasteiger partial charge in [0.25, 0.3) is 0 Å². The third kappa shape index (κ3) is 7.56. The van der Waals surface area contributed by atoms with Crippen LogP contribution in [0.1, 0.15) is 46.0 Å². The number of carbonyl (C=O) groups is 1. The van der Waals surface area contributed by atoms with Crippen LogP contribution in [0, 0.1) is 0 Å². The van der Waals surface area contributed by atoms with Crippen molar-refractivity contribution in [2.75, 3.05) is 6.61 Å². The predicted molar refractivity (Wildman–Crippen MR) is 72.8 cm³/mol. The zero-order valence-electron chi connectivity index (χ0n) is 11.1. The Morgan fingerprint density at radius 3 is 2.41 bits per heavy atom. The molecule has 96 valence electrons. The summed E-state index contributed by atoms with van der Waals surface area (Å²) in [5.74, 6) is -0.0886. The lowest BCUT2D eigenvalue weighted by atomic mass is 10.0. The van der Waals surface area contributed by atoms with E-state index in [2.05, 4.69) is 13.2 Å². The highest BCUT2D eigenvalue weighted by Crippen LogP contribution is 2.14. The lowest BCUT2D eigenvalue weighted by Crippen LogP contribution is -2.04. The van der Waals surface area contributed by atoms with Gasteiger partial charge in [-0.1, -0.05) is 32.2 Å². The predicted octanol–water partition coefficient (Wildman–Crippen LogP) is 4.19. The highest BCUT2D eigenvalue weighted by molar-refractivity contribution is 5.69. The molecule has 0 saturated heterocycles. The van der Waals surface area contributed by atoms with Crippen LogP contribution in [0.3, 0.4) is 0 Å². The number of ether oxygens (including phenoxy) is 1. The van der Waals surface area contributed by atoms with Crippen LogP contribution in [0.4, 0.5) is 0 Å². The minimum Gasteiger partial charge on any atom is -0.466 e. The zero-order chi connectivity index (χ0) is 13.1. The molecule has 0 N–H and O–H groups in total. The van der Waals surface area contributed by atoms with Crippen molar-refractivity contribution in [3.63, 3.8) is 0 Å². The third-order valence-electron chi connectivity index (χ3n) is 2.62. The molecule has 0 aromatic heterocycles. The Labute approximate surface area is 105 Å². The van der Waals surface area contributed by atoms with Gasteiger partial charge in [0.1, 0.15) is 0 Å². The van der Waals surface area contributed by atoms with Crippen LogP contribution >= 0.6 is 0 Å². The fourth-order valence-corrected chi connectivity index (χ4v) is 1.47. The normalized spacial score (nSPS) is 11.6. The largest absolute Gasteiger partial charge is 0.466 e. The summed E-state index contributed by atoms with van der Waals surface area (Å²) in [4.78, 5) is 11.1. The molecule has 0 bridgehead atoms. The lowest BCUT2D eigenvalue weighted by molar-refractivity contribution is -0.143. The molecule has 0 aliphatic rings. The fourth-order valence-electron chi connectivity index (χ4n) is 1.47. The summed E-state index contributed by atoms with van der Waals surface area (Å²) >= 11 is 0. The molecular formula is C15H24O2. The summed E-state index contributed by atoms with van der Waals surface area (Å²) < 4.78 is 5.08. The van der Waals surface area contributed by atoms with Crippen molar-refractivity contribution in [1.29, 1.82) is 0 Å². The van der Waals surface area contributed by atoms with E-state index in [0.29, 0.717) is 13.0 Å². The average molecular weight is 236 g/mol. The first-order valence-corrected chi connectivity index (χ1v) is 6.25. The number of hydrogen-bond acceptors (Lipinski definition) is 2. The van der Waals surface area contributed by atoms with Gasteiger partial charge in [-0.25, -0.2) is 0 Å². The topological polar surface area (TPSA) is 26.3 Å². The van der Waals surface area contributed by atoms with Crippen LogP contribution in [0.2, 0.25) is 0 Å². The van der Waals surface area contributed by atoms with Crippen molar-refractivity contribution >= 4 is 5.97 Å². The van der Waals surface area contributed by atoms with Gasteiger partial charge in [-0.2, -0.15) is 0 Å². The molecule has 2 heteroatoms. The molecule has 0 heterocycles. The molecule has 0 fully saturated rings. The molecule has 0 rings (SSSR count). The van der Waals surface area contributed by atoms with E-state index in [-0.39, 0.29) is 5.97 Å². The van der Waals surface area contributed by atoms with Gasteiger partial charge < -0.3 is 4.74 Å². The Bertz CT molecular complexity index is 287. The maximum Gasteiger partial charge on any atom is 0.305 e. The van der Waals surface area contributed by atoms with E-state index >= 15 is 0 Å². The SMILES string of the molecule is C=C/C(C)=C(\C=C)CCCCOC(=O)CCC. The van der Waals surface area contributed by atoms with Gasteiger partial charge in [0.05, 0.1) is 6.61 Å². The second-order valence-electron chi connectivity index (χ2n) is 4.04. The second-order valence-corrected chi connectivity index (χ2v) is 4.04. The van der Waals surface area contributed by atoms with Gasteiger partial charge in [0.15, 0.2) is 0 Å². The van der Waals surface area contributed by atoms with E-state index in [1.807, 2.05) is 26.0 Å². The van der Waals surface area contributed by atoms with Crippen LogP contribution in [-0.2, 0) is 9.53 Å². The van der Waals surface area contributed by atoms with Gasteiger partial charge in [-0.05, 0) is 43.8 Å². The maximum atomic E-state index is 11.1. The van der Waals surface area contributed by atoms with E-state index in [9.17, 15) is 4.79 Å². The third-order valence-corrected chi connectivity index (χ3v) is 2.62. The van der Waals surface area contributed by atoms with E-state index in [0.717, 1.165) is 25.7 Å². The van der Waals surface area contributed by atoms with Crippen molar-refractivity contribution in [3.05, 3.63) is 36.5 Å². The molecular weight excluding hydrogens is 212 g/mol. The molecule has 0 aromatic rings. The van der Waals surface area contributed by atoms with Crippen molar-refractivity contribution in [2.45, 2.75) is 46.0 Å². The first kappa shape index (κ1) is 15.7. The van der Waals surface area contributed by atoms with Gasteiger partial charge in [-0.15, -0.1) is 0 Å². The lowest BCUT2D eigenvalue weighted by Gasteiger charge is -2.06. The van der Waals surface area contributed by atoms with E-state index in [1.54, 1.807) is 0 Å². The minimum atomic E-state index is -0.0886. The number of rotatable bonds is 9. The fraction of sp³-hybridized carbons (Fsp3) is 0.533. The van der Waals surface area contributed by atoms with Crippen molar-refractivity contribution in [3.8, 4) is 0 Å². The molecule has 17 heavy (non-hydrogen) atoms. The van der Waals surface area contributed by atoms with Crippen LogP contribution in [0.5, 0.6) is 0 Å². The van der Waals surface area contributed by atoms with Crippen LogP contribution in [0.15, 0.2) is 36.5 Å². The van der Waals surface area contributed by atoms with Crippen molar-refractivity contribution < 1.29 is 9.53 Å². The maximum absolute atomic E-state index is 11.1. The quantitative estimate of drug-likeness (QED) is 0.341. The van der Waals surface area contributed by atoms with Gasteiger partial charge in [0, 0.05) is 6.42 Å². The Hall–Kier alpha value is -1.31. The number of unbranched alkanes of at least 4 members (excludes halogenated alkanes) is 1. The molecule has 0 aromatic carbocycles. The summed E-state index contributed by atoms with van der Waals surface area (Å²) in [5, 5.41) is 0. The van der Waals surface area contributed by atoms with Crippen LogP contribution in [0.25, 0.3) is 0 Å². The highest BCUT2D eigenvalue weighted by Gasteiger charge is 2.01. The van der Waals surface area contributed by atoms with E-state index in [1.165, 1.54) is 11.1 Å². The zero-order valence-corrected chi connectivity index (χ0v) is 11.1. The first-order valence-electron chi connectivity index (χ1n) is 6.25. The molecule has 2 nitrogen and oxygen atoms in total. The van der Waals surface area contributed by atoms with E-state index < -0.39 is 0 Å². The monoisotopic (exact) mass is 236 g/mol. The minimum absolute atomic E-state index is 0.0886. The molecule has 0 spiro atoms. The second kappa shape index (κ2) is 9.88. The highest BCUT2D eigenvalue weighted by atomic mass is 16.5. The summed E-state index contributed by atoms with van der Waals surface area (Å²) in [5.41, 5.74) is 2.39.